The van der Waals surface area contributed by atoms with Crippen molar-refractivity contribution in [1.82, 2.24) is 0 Å². The van der Waals surface area contributed by atoms with Crippen LogP contribution in [0.1, 0.15) is 13.8 Å². The maximum absolute atomic E-state index is 10.7. The van der Waals surface area contributed by atoms with E-state index in [1.165, 1.54) is 13.8 Å². The first-order chi connectivity index (χ1) is 6.45. The normalized spacial score (nSPS) is 9.57. The Morgan fingerprint density at radius 2 is 1.21 bits per heavy atom. The van der Waals surface area contributed by atoms with Crippen LogP contribution in [0, 0.1) is 0 Å². The van der Waals surface area contributed by atoms with Gasteiger partial charge in [-0.1, -0.05) is 13.2 Å². The molecule has 0 aromatic heterocycles. The maximum atomic E-state index is 10.7. The summed E-state index contributed by atoms with van der Waals surface area (Å²) in [7, 11) is 0. The minimum atomic E-state index is -0.750. The van der Waals surface area contributed by atoms with E-state index in [0.717, 1.165) is 0 Å². The minimum absolute atomic E-state index is 0.162. The van der Waals surface area contributed by atoms with Crippen LogP contribution in [0.25, 0.3) is 0 Å². The molecule has 0 heterocycles. The highest BCUT2D eigenvalue weighted by atomic mass is 16.8. The lowest BCUT2D eigenvalue weighted by molar-refractivity contribution is -0.147. The second kappa shape index (κ2) is 5.63. The summed E-state index contributed by atoms with van der Waals surface area (Å²) in [6.07, 6.45) is 0. The molecule has 0 aliphatic heterocycles. The number of carbonyl (C=O) groups is 2. The van der Waals surface area contributed by atoms with Gasteiger partial charge in [0.15, 0.2) is 0 Å². The first-order valence-electron chi connectivity index (χ1n) is 3.59. The number of carbonyl (C=O) groups excluding carboxylic acids is 2. The van der Waals surface area contributed by atoms with Crippen LogP contribution in [-0.2, 0) is 19.3 Å². The van der Waals surface area contributed by atoms with Crippen molar-refractivity contribution in [2.24, 2.45) is 10.6 Å². The fraction of sp³-hybridized carbons (Fsp3) is 0.250. The number of rotatable bonds is 4. The summed E-state index contributed by atoms with van der Waals surface area (Å²) in [5, 5.41) is 5.69. The molecule has 14 heavy (non-hydrogen) atoms. The van der Waals surface area contributed by atoms with Crippen LogP contribution in [0.3, 0.4) is 0 Å². The van der Waals surface area contributed by atoms with E-state index in [9.17, 15) is 9.59 Å². The van der Waals surface area contributed by atoms with E-state index in [0.29, 0.717) is 0 Å². The number of hydrogen-bond acceptors (Lipinski definition) is 6. The Labute approximate surface area is 80.8 Å². The third-order valence-corrected chi connectivity index (χ3v) is 0.978. The molecule has 0 amide bonds. The summed E-state index contributed by atoms with van der Waals surface area (Å²) < 4.78 is 0. The molecule has 0 spiro atoms. The molecule has 0 fully saturated rings. The molecule has 0 aromatic rings. The third-order valence-electron chi connectivity index (χ3n) is 0.978. The molecule has 6 nitrogen and oxygen atoms in total. The number of hydrogen-bond donors (Lipinski definition) is 0. The standard InChI is InChI=1S/C8H10N2O4/c1-5(2)7(11)13-9-10-14-8(12)6(3)4/h1,3H2,2,4H3. The van der Waals surface area contributed by atoms with Crippen LogP contribution >= 0.6 is 0 Å². The summed E-state index contributed by atoms with van der Waals surface area (Å²) in [4.78, 5) is 29.7. The topological polar surface area (TPSA) is 77.3 Å². The van der Waals surface area contributed by atoms with Crippen molar-refractivity contribution in [2.45, 2.75) is 13.8 Å². The molecule has 0 aliphatic rings. The van der Waals surface area contributed by atoms with Crippen molar-refractivity contribution in [3.63, 3.8) is 0 Å². The van der Waals surface area contributed by atoms with Gasteiger partial charge in [0.1, 0.15) is 0 Å². The van der Waals surface area contributed by atoms with Gasteiger partial charge in [-0.3, -0.25) is 9.68 Å². The Morgan fingerprint density at radius 3 is 1.43 bits per heavy atom. The van der Waals surface area contributed by atoms with Crippen molar-refractivity contribution in [3.05, 3.63) is 24.3 Å². The fourth-order valence-electron chi connectivity index (χ4n) is 0.263. The predicted molar refractivity (Wildman–Crippen MR) is 46.7 cm³/mol. The molecule has 0 N–H and O–H groups in total. The quantitative estimate of drug-likeness (QED) is 0.389. The van der Waals surface area contributed by atoms with Gasteiger partial charge in [0.25, 0.3) is 0 Å². The largest absolute Gasteiger partial charge is 0.362 e. The van der Waals surface area contributed by atoms with Crippen LogP contribution in [0.5, 0.6) is 0 Å². The number of nitrogens with zero attached hydrogens (tertiary/aromatic N) is 2. The summed E-state index contributed by atoms with van der Waals surface area (Å²) in [5.41, 5.74) is 0.324. The fourth-order valence-corrected chi connectivity index (χ4v) is 0.263. The minimum Gasteiger partial charge on any atom is -0.293 e. The first-order valence-corrected chi connectivity index (χ1v) is 3.59. The van der Waals surface area contributed by atoms with E-state index in [-0.39, 0.29) is 11.1 Å². The smallest absolute Gasteiger partial charge is 0.293 e. The van der Waals surface area contributed by atoms with Crippen LogP contribution in [0.4, 0.5) is 0 Å². The second-order valence-electron chi connectivity index (χ2n) is 2.48. The van der Waals surface area contributed by atoms with Gasteiger partial charge in [-0.05, 0) is 13.8 Å². The predicted octanol–water partition coefficient (Wildman–Crippen LogP) is 1.51. The van der Waals surface area contributed by atoms with Crippen molar-refractivity contribution >= 4 is 11.9 Å². The van der Waals surface area contributed by atoms with Crippen LogP contribution in [0.2, 0.25) is 0 Å². The van der Waals surface area contributed by atoms with E-state index < -0.39 is 11.9 Å². The lowest BCUT2D eigenvalue weighted by atomic mass is 10.4. The SMILES string of the molecule is C=C(C)C(=O)ON=NOC(=O)C(=C)C. The molecule has 0 bridgehead atoms. The molecule has 0 saturated carbocycles. The van der Waals surface area contributed by atoms with Crippen LogP contribution in [0.15, 0.2) is 34.9 Å². The zero-order valence-corrected chi connectivity index (χ0v) is 7.94. The molecule has 0 aliphatic carbocycles. The Morgan fingerprint density at radius 1 is 0.929 bits per heavy atom. The van der Waals surface area contributed by atoms with E-state index in [2.05, 4.69) is 33.4 Å². The Hall–Kier alpha value is -1.98. The van der Waals surface area contributed by atoms with Crippen LogP contribution in [-0.4, -0.2) is 11.9 Å². The van der Waals surface area contributed by atoms with Gasteiger partial charge in [-0.25, -0.2) is 9.59 Å². The van der Waals surface area contributed by atoms with Gasteiger partial charge < -0.3 is 0 Å². The Kier molecular flexibility index (Phi) is 4.83. The first kappa shape index (κ1) is 12.0. The summed E-state index contributed by atoms with van der Waals surface area (Å²) >= 11 is 0. The summed E-state index contributed by atoms with van der Waals surface area (Å²) in [6.45, 7) is 9.48. The molecular formula is C8H10N2O4. The molecule has 0 aromatic carbocycles. The van der Waals surface area contributed by atoms with E-state index >= 15 is 0 Å². The highest BCUT2D eigenvalue weighted by Crippen LogP contribution is 1.95. The summed E-state index contributed by atoms with van der Waals surface area (Å²) in [5.74, 6) is -1.50. The van der Waals surface area contributed by atoms with E-state index in [1.807, 2.05) is 0 Å². The van der Waals surface area contributed by atoms with Crippen molar-refractivity contribution in [3.8, 4) is 0 Å². The highest BCUT2D eigenvalue weighted by Gasteiger charge is 2.04. The molecule has 0 atom stereocenters. The van der Waals surface area contributed by atoms with Gasteiger partial charge in [0.2, 0.25) is 0 Å². The lowest BCUT2D eigenvalue weighted by Gasteiger charge is -1.93. The van der Waals surface area contributed by atoms with Gasteiger partial charge in [0.05, 0.1) is 10.6 Å². The Balaban J connectivity index is 3.86. The van der Waals surface area contributed by atoms with E-state index in [1.54, 1.807) is 0 Å². The maximum Gasteiger partial charge on any atom is 0.362 e. The van der Waals surface area contributed by atoms with Gasteiger partial charge in [0, 0.05) is 11.1 Å². The zero-order chi connectivity index (χ0) is 11.1. The van der Waals surface area contributed by atoms with Gasteiger partial charge >= 0.3 is 11.9 Å². The molecule has 6 heteroatoms. The molecule has 0 unspecified atom stereocenters. The molecule has 0 saturated heterocycles. The monoisotopic (exact) mass is 198 g/mol. The molecule has 0 radical (unpaired) electrons. The van der Waals surface area contributed by atoms with Gasteiger partial charge in [-0.15, -0.1) is 0 Å². The lowest BCUT2D eigenvalue weighted by Crippen LogP contribution is -2.01. The molecular weight excluding hydrogens is 188 g/mol. The van der Waals surface area contributed by atoms with E-state index in [4.69, 9.17) is 0 Å². The highest BCUT2D eigenvalue weighted by molar-refractivity contribution is 5.87. The van der Waals surface area contributed by atoms with Crippen LogP contribution < -0.4 is 0 Å². The van der Waals surface area contributed by atoms with Crippen molar-refractivity contribution in [2.75, 3.05) is 0 Å². The third kappa shape index (κ3) is 4.81. The molecule has 76 valence electrons. The average Bonchev–Trinajstić information content (AvgIpc) is 2.11. The summed E-state index contributed by atoms with van der Waals surface area (Å²) in [6, 6.07) is 0. The molecule has 0 rings (SSSR count). The van der Waals surface area contributed by atoms with Crippen molar-refractivity contribution in [1.29, 1.82) is 0 Å². The van der Waals surface area contributed by atoms with Gasteiger partial charge in [-0.2, -0.15) is 0 Å². The van der Waals surface area contributed by atoms with Crippen molar-refractivity contribution < 1.29 is 19.3 Å². The second-order valence-corrected chi connectivity index (χ2v) is 2.48. The average molecular weight is 198 g/mol. The zero-order valence-electron chi connectivity index (χ0n) is 7.94. The Bertz CT molecular complexity index is 276.